The van der Waals surface area contributed by atoms with E-state index in [1.807, 2.05) is 40.6 Å². The number of nitrogens with zero attached hydrogens (tertiary/aromatic N) is 5. The van der Waals surface area contributed by atoms with Crippen molar-refractivity contribution in [1.82, 2.24) is 24.5 Å². The number of hydrogen-bond donors (Lipinski definition) is 1. The van der Waals surface area contributed by atoms with Crippen LogP contribution in [-0.4, -0.2) is 24.5 Å². The van der Waals surface area contributed by atoms with Crippen LogP contribution in [0.2, 0.25) is 0 Å². The van der Waals surface area contributed by atoms with Crippen LogP contribution in [0.3, 0.4) is 0 Å². The van der Waals surface area contributed by atoms with Crippen molar-refractivity contribution in [2.75, 3.05) is 5.73 Å². The van der Waals surface area contributed by atoms with Gasteiger partial charge in [0.2, 0.25) is 0 Å². The van der Waals surface area contributed by atoms with Crippen molar-refractivity contribution < 1.29 is 0 Å². The average Bonchev–Trinajstić information content (AvgIpc) is 3.07. The van der Waals surface area contributed by atoms with Gasteiger partial charge in [-0.05, 0) is 44.2 Å². The Morgan fingerprint density at radius 2 is 1.90 bits per heavy atom. The summed E-state index contributed by atoms with van der Waals surface area (Å²) in [6, 6.07) is 9.63. The monoisotopic (exact) mass is 282 g/mol. The SMILES string of the molecule is CCn1nc(C)cc1Cn1cnc(-c2ccc(N)cc2)n1. The predicted octanol–water partition coefficient (Wildman–Crippen LogP) is 2.10. The Balaban J connectivity index is 1.83. The molecule has 0 radical (unpaired) electrons. The topological polar surface area (TPSA) is 74.5 Å². The van der Waals surface area contributed by atoms with Gasteiger partial charge in [-0.15, -0.1) is 0 Å². The second kappa shape index (κ2) is 5.40. The molecule has 0 bridgehead atoms. The van der Waals surface area contributed by atoms with Crippen molar-refractivity contribution in [3.63, 3.8) is 0 Å². The van der Waals surface area contributed by atoms with Crippen LogP contribution in [0.5, 0.6) is 0 Å². The van der Waals surface area contributed by atoms with E-state index >= 15 is 0 Å². The molecule has 3 aromatic rings. The first kappa shape index (κ1) is 13.4. The molecule has 6 heteroatoms. The lowest BCUT2D eigenvalue weighted by atomic mass is 10.2. The van der Waals surface area contributed by atoms with Crippen molar-refractivity contribution in [1.29, 1.82) is 0 Å². The maximum absolute atomic E-state index is 5.69. The molecule has 0 amide bonds. The third-order valence-electron chi connectivity index (χ3n) is 3.31. The molecule has 0 atom stereocenters. The van der Waals surface area contributed by atoms with Crippen molar-refractivity contribution in [3.8, 4) is 11.4 Å². The Morgan fingerprint density at radius 3 is 2.62 bits per heavy atom. The van der Waals surface area contributed by atoms with Crippen LogP contribution in [0.25, 0.3) is 11.4 Å². The van der Waals surface area contributed by atoms with Gasteiger partial charge in [0.25, 0.3) is 0 Å². The van der Waals surface area contributed by atoms with E-state index < -0.39 is 0 Å². The van der Waals surface area contributed by atoms with E-state index in [4.69, 9.17) is 5.73 Å². The van der Waals surface area contributed by atoms with E-state index in [-0.39, 0.29) is 0 Å². The van der Waals surface area contributed by atoms with E-state index in [9.17, 15) is 0 Å². The zero-order chi connectivity index (χ0) is 14.8. The Kier molecular flexibility index (Phi) is 3.43. The molecule has 0 saturated heterocycles. The summed E-state index contributed by atoms with van der Waals surface area (Å²) in [6.45, 7) is 5.59. The van der Waals surface area contributed by atoms with Crippen molar-refractivity contribution in [3.05, 3.63) is 48.0 Å². The molecule has 0 saturated carbocycles. The van der Waals surface area contributed by atoms with Gasteiger partial charge in [-0.25, -0.2) is 9.67 Å². The van der Waals surface area contributed by atoms with Crippen molar-refractivity contribution in [2.24, 2.45) is 0 Å². The van der Waals surface area contributed by atoms with Gasteiger partial charge in [0.1, 0.15) is 6.33 Å². The van der Waals surface area contributed by atoms with Gasteiger partial charge in [-0.2, -0.15) is 10.2 Å². The van der Waals surface area contributed by atoms with E-state index in [0.29, 0.717) is 12.4 Å². The minimum atomic E-state index is 0.663. The average molecular weight is 282 g/mol. The quantitative estimate of drug-likeness (QED) is 0.744. The number of benzene rings is 1. The highest BCUT2D eigenvalue weighted by molar-refractivity contribution is 5.57. The van der Waals surface area contributed by atoms with Gasteiger partial charge < -0.3 is 5.73 Å². The summed E-state index contributed by atoms with van der Waals surface area (Å²) in [6.07, 6.45) is 1.74. The number of aromatic nitrogens is 5. The van der Waals surface area contributed by atoms with Crippen LogP contribution in [-0.2, 0) is 13.1 Å². The minimum Gasteiger partial charge on any atom is -0.399 e. The number of rotatable bonds is 4. The molecule has 6 nitrogen and oxygen atoms in total. The fourth-order valence-electron chi connectivity index (χ4n) is 2.30. The van der Waals surface area contributed by atoms with E-state index in [0.717, 1.165) is 29.2 Å². The zero-order valence-electron chi connectivity index (χ0n) is 12.2. The molecule has 2 N–H and O–H groups in total. The van der Waals surface area contributed by atoms with Crippen LogP contribution < -0.4 is 5.73 Å². The lowest BCUT2D eigenvalue weighted by molar-refractivity contribution is 0.575. The maximum atomic E-state index is 5.69. The predicted molar refractivity (Wildman–Crippen MR) is 81.6 cm³/mol. The zero-order valence-corrected chi connectivity index (χ0v) is 12.2. The van der Waals surface area contributed by atoms with Crippen LogP contribution in [0.4, 0.5) is 5.69 Å². The van der Waals surface area contributed by atoms with Gasteiger partial charge >= 0.3 is 0 Å². The Hall–Kier alpha value is -2.63. The van der Waals surface area contributed by atoms with Gasteiger partial charge in [0.15, 0.2) is 5.82 Å². The summed E-state index contributed by atoms with van der Waals surface area (Å²) in [5, 5.41) is 8.95. The summed E-state index contributed by atoms with van der Waals surface area (Å²) in [4.78, 5) is 4.36. The number of nitrogens with two attached hydrogens (primary N) is 1. The van der Waals surface area contributed by atoms with Gasteiger partial charge in [-0.3, -0.25) is 4.68 Å². The van der Waals surface area contributed by atoms with E-state index in [2.05, 4.69) is 28.2 Å². The first-order valence-electron chi connectivity index (χ1n) is 6.94. The molecule has 108 valence electrons. The third kappa shape index (κ3) is 2.79. The standard InChI is InChI=1S/C15H18N6/c1-3-21-14(8-11(2)18-21)9-20-10-17-15(19-20)12-4-6-13(16)7-5-12/h4-8,10H,3,9,16H2,1-2H3. The molecule has 0 fully saturated rings. The fourth-order valence-corrected chi connectivity index (χ4v) is 2.30. The molecule has 0 aliphatic carbocycles. The third-order valence-corrected chi connectivity index (χ3v) is 3.31. The first-order valence-corrected chi connectivity index (χ1v) is 6.94. The van der Waals surface area contributed by atoms with Crippen molar-refractivity contribution >= 4 is 5.69 Å². The van der Waals surface area contributed by atoms with Crippen LogP contribution in [0, 0.1) is 6.92 Å². The molecule has 0 unspecified atom stereocenters. The summed E-state index contributed by atoms with van der Waals surface area (Å²) < 4.78 is 3.81. The summed E-state index contributed by atoms with van der Waals surface area (Å²) >= 11 is 0. The fraction of sp³-hybridized carbons (Fsp3) is 0.267. The summed E-state index contributed by atoms with van der Waals surface area (Å²) in [5.41, 5.74) is 9.54. The van der Waals surface area contributed by atoms with Crippen molar-refractivity contribution in [2.45, 2.75) is 26.9 Å². The van der Waals surface area contributed by atoms with E-state index in [1.54, 1.807) is 6.33 Å². The molecule has 2 aromatic heterocycles. The second-order valence-electron chi connectivity index (χ2n) is 4.98. The molecular formula is C15H18N6. The van der Waals surface area contributed by atoms with Gasteiger partial charge in [-0.1, -0.05) is 0 Å². The normalized spacial score (nSPS) is 11.0. The highest BCUT2D eigenvalue weighted by Crippen LogP contribution is 2.16. The summed E-state index contributed by atoms with van der Waals surface area (Å²) in [5.74, 6) is 0.703. The molecule has 0 aliphatic rings. The lowest BCUT2D eigenvalue weighted by Crippen LogP contribution is -2.08. The second-order valence-corrected chi connectivity index (χ2v) is 4.98. The van der Waals surface area contributed by atoms with Crippen LogP contribution in [0.1, 0.15) is 18.3 Å². The number of hydrogen-bond acceptors (Lipinski definition) is 4. The minimum absolute atomic E-state index is 0.663. The Labute approximate surface area is 123 Å². The number of anilines is 1. The van der Waals surface area contributed by atoms with Gasteiger partial charge in [0, 0.05) is 17.8 Å². The molecular weight excluding hydrogens is 264 g/mol. The maximum Gasteiger partial charge on any atom is 0.181 e. The first-order chi connectivity index (χ1) is 10.2. The smallest absolute Gasteiger partial charge is 0.181 e. The Bertz CT molecular complexity index is 738. The molecule has 3 rings (SSSR count). The molecule has 0 aliphatic heterocycles. The molecule has 21 heavy (non-hydrogen) atoms. The van der Waals surface area contributed by atoms with Crippen LogP contribution in [0.15, 0.2) is 36.7 Å². The molecule has 2 heterocycles. The highest BCUT2D eigenvalue weighted by Gasteiger charge is 2.08. The van der Waals surface area contributed by atoms with Crippen LogP contribution >= 0.6 is 0 Å². The number of nitrogen functional groups attached to an aromatic ring is 1. The molecule has 1 aromatic carbocycles. The lowest BCUT2D eigenvalue weighted by Gasteiger charge is -2.03. The number of aryl methyl sites for hydroxylation is 2. The largest absolute Gasteiger partial charge is 0.399 e. The highest BCUT2D eigenvalue weighted by atomic mass is 15.4. The summed E-state index contributed by atoms with van der Waals surface area (Å²) in [7, 11) is 0. The van der Waals surface area contributed by atoms with E-state index in [1.165, 1.54) is 0 Å². The van der Waals surface area contributed by atoms with Gasteiger partial charge in [0.05, 0.1) is 17.9 Å². The molecule has 0 spiro atoms. The Morgan fingerprint density at radius 1 is 1.14 bits per heavy atom.